The van der Waals surface area contributed by atoms with Crippen LogP contribution in [0.25, 0.3) is 33.0 Å². The monoisotopic (exact) mass is 543 g/mol. The molecular weight excluding hydrogens is 511 g/mol. The number of carboxylic acids is 1. The lowest BCUT2D eigenvalue weighted by Gasteiger charge is -2.33. The third kappa shape index (κ3) is 5.97. The number of hydrogen-bond donors (Lipinski definition) is 1. The highest BCUT2D eigenvalue weighted by Crippen LogP contribution is 2.36. The predicted molar refractivity (Wildman–Crippen MR) is 155 cm³/mol. The molecule has 0 saturated carbocycles. The van der Waals surface area contributed by atoms with E-state index in [0.29, 0.717) is 17.4 Å². The molecule has 4 aromatic carbocycles. The molecule has 1 aliphatic heterocycles. The van der Waals surface area contributed by atoms with E-state index in [0.717, 1.165) is 72.1 Å². The number of nitrogens with zero attached hydrogens (tertiary/aromatic N) is 1. The highest BCUT2D eigenvalue weighted by Gasteiger charge is 2.30. The highest BCUT2D eigenvalue weighted by molar-refractivity contribution is 6.04. The minimum Gasteiger partial charge on any atom is -0.478 e. The van der Waals surface area contributed by atoms with Gasteiger partial charge < -0.3 is 10.0 Å². The zero-order valence-electron chi connectivity index (χ0n) is 22.4. The van der Waals surface area contributed by atoms with Gasteiger partial charge >= 0.3 is 12.1 Å². The molecule has 1 atom stereocenters. The van der Waals surface area contributed by atoms with Gasteiger partial charge in [0, 0.05) is 6.54 Å². The Balaban J connectivity index is 1.42. The molecule has 40 heavy (non-hydrogen) atoms. The van der Waals surface area contributed by atoms with Crippen molar-refractivity contribution in [3.8, 4) is 22.3 Å². The molecule has 5 rings (SSSR count). The highest BCUT2D eigenvalue weighted by atomic mass is 19.4. The second-order valence-electron chi connectivity index (χ2n) is 10.7. The van der Waals surface area contributed by atoms with E-state index in [9.17, 15) is 23.1 Å². The molecule has 1 unspecified atom stereocenters. The van der Waals surface area contributed by atoms with E-state index in [1.165, 1.54) is 17.7 Å². The third-order valence-corrected chi connectivity index (χ3v) is 7.97. The fourth-order valence-electron chi connectivity index (χ4n) is 5.63. The number of benzene rings is 4. The second-order valence-corrected chi connectivity index (χ2v) is 10.7. The van der Waals surface area contributed by atoms with Crippen molar-refractivity contribution in [3.05, 3.63) is 108 Å². The molecule has 0 radical (unpaired) electrons. The third-order valence-electron chi connectivity index (χ3n) is 7.97. The summed E-state index contributed by atoms with van der Waals surface area (Å²) in [7, 11) is 0. The Kier molecular flexibility index (Phi) is 7.81. The summed E-state index contributed by atoms with van der Waals surface area (Å²) in [4.78, 5) is 14.5. The molecular formula is C34H32F3NO2. The summed E-state index contributed by atoms with van der Waals surface area (Å²) in [5.74, 6) is -0.0480. The van der Waals surface area contributed by atoms with Crippen molar-refractivity contribution in [1.82, 2.24) is 4.90 Å². The quantitative estimate of drug-likeness (QED) is 0.237. The number of fused-ring (bicyclic) bond motifs is 1. The maximum Gasteiger partial charge on any atom is 0.416 e. The fraction of sp³-hybridized carbons (Fsp3) is 0.265. The number of alkyl halides is 3. The van der Waals surface area contributed by atoms with E-state index in [1.54, 1.807) is 12.1 Å². The Morgan fingerprint density at radius 3 is 2.17 bits per heavy atom. The average Bonchev–Trinajstić information content (AvgIpc) is 2.96. The summed E-state index contributed by atoms with van der Waals surface area (Å²) in [6.45, 7) is 9.26. The Morgan fingerprint density at radius 1 is 0.950 bits per heavy atom. The molecule has 0 aromatic heterocycles. The predicted octanol–water partition coefficient (Wildman–Crippen LogP) is 8.89. The van der Waals surface area contributed by atoms with E-state index in [2.05, 4.69) is 42.7 Å². The smallest absolute Gasteiger partial charge is 0.416 e. The molecule has 1 fully saturated rings. The summed E-state index contributed by atoms with van der Waals surface area (Å²) in [6.07, 6.45) is -0.186. The van der Waals surface area contributed by atoms with Crippen LogP contribution < -0.4 is 0 Å². The van der Waals surface area contributed by atoms with Crippen LogP contribution in [-0.2, 0) is 6.18 Å². The number of aromatic carboxylic acids is 1. The van der Waals surface area contributed by atoms with Crippen molar-refractivity contribution in [1.29, 1.82) is 0 Å². The van der Waals surface area contributed by atoms with Crippen molar-refractivity contribution >= 4 is 16.7 Å². The van der Waals surface area contributed by atoms with E-state index in [4.69, 9.17) is 0 Å². The van der Waals surface area contributed by atoms with Crippen molar-refractivity contribution < 1.29 is 23.1 Å². The Labute approximate surface area is 232 Å². The van der Waals surface area contributed by atoms with Gasteiger partial charge in [-0.3, -0.25) is 0 Å². The molecule has 1 N–H and O–H groups in total. The SMILES string of the molecule is C=CC(C)CN1CCC(c2ccc(-c3cc(C(=O)O)cc4cc(-c5ccc(C(F)(F)F)cc5)ccc34)cc2)CC1. The lowest BCUT2D eigenvalue weighted by molar-refractivity contribution is -0.137. The van der Waals surface area contributed by atoms with Gasteiger partial charge in [-0.05, 0) is 107 Å². The molecule has 4 aromatic rings. The van der Waals surface area contributed by atoms with Crippen LogP contribution >= 0.6 is 0 Å². The Hall–Kier alpha value is -3.90. The minimum absolute atomic E-state index is 0.164. The van der Waals surface area contributed by atoms with E-state index in [-0.39, 0.29) is 5.56 Å². The van der Waals surface area contributed by atoms with Gasteiger partial charge in [-0.25, -0.2) is 4.79 Å². The normalized spacial score (nSPS) is 15.7. The van der Waals surface area contributed by atoms with Gasteiger partial charge in [-0.15, -0.1) is 6.58 Å². The molecule has 1 aliphatic rings. The Bertz CT molecular complexity index is 1520. The van der Waals surface area contributed by atoms with Gasteiger partial charge in [0.15, 0.2) is 0 Å². The molecule has 0 spiro atoms. The zero-order chi connectivity index (χ0) is 28.4. The number of carbonyl (C=O) groups is 1. The van der Waals surface area contributed by atoms with Crippen LogP contribution in [0.3, 0.4) is 0 Å². The molecule has 6 heteroatoms. The van der Waals surface area contributed by atoms with Gasteiger partial charge in [-0.2, -0.15) is 13.2 Å². The van der Waals surface area contributed by atoms with Crippen molar-refractivity contribution in [2.24, 2.45) is 5.92 Å². The lowest BCUT2D eigenvalue weighted by Crippen LogP contribution is -2.35. The summed E-state index contributed by atoms with van der Waals surface area (Å²) >= 11 is 0. The molecule has 3 nitrogen and oxygen atoms in total. The molecule has 1 heterocycles. The van der Waals surface area contributed by atoms with Crippen molar-refractivity contribution in [2.75, 3.05) is 19.6 Å². The van der Waals surface area contributed by atoms with Gasteiger partial charge in [0.05, 0.1) is 11.1 Å². The van der Waals surface area contributed by atoms with Crippen molar-refractivity contribution in [3.63, 3.8) is 0 Å². The standard InChI is InChI=1S/C34H32F3NO2/c1-3-22(2)21-38-16-14-25(15-17-38)23-4-6-26(7-5-23)32-20-29(33(39)40)19-28-18-27(10-13-31(28)32)24-8-11-30(12-9-24)34(35,36)37/h3-13,18-20,22,25H,1,14-17,21H2,2H3,(H,39,40). The first-order valence-electron chi connectivity index (χ1n) is 13.6. The maximum atomic E-state index is 13.0. The van der Waals surface area contributed by atoms with Gasteiger partial charge in [0.2, 0.25) is 0 Å². The molecule has 0 amide bonds. The number of carboxylic acid groups (broad SMARTS) is 1. The molecule has 0 bridgehead atoms. The second kappa shape index (κ2) is 11.3. The Morgan fingerprint density at radius 2 is 1.57 bits per heavy atom. The number of rotatable bonds is 7. The van der Waals surface area contributed by atoms with Crippen LogP contribution in [0.1, 0.15) is 47.2 Å². The lowest BCUT2D eigenvalue weighted by atomic mass is 9.87. The first-order chi connectivity index (χ1) is 19.1. The number of hydrogen-bond acceptors (Lipinski definition) is 2. The topological polar surface area (TPSA) is 40.5 Å². The molecule has 1 saturated heterocycles. The van der Waals surface area contributed by atoms with Crippen LogP contribution in [0.2, 0.25) is 0 Å². The van der Waals surface area contributed by atoms with Gasteiger partial charge in [0.25, 0.3) is 0 Å². The molecule has 206 valence electrons. The zero-order valence-corrected chi connectivity index (χ0v) is 22.4. The summed E-state index contributed by atoms with van der Waals surface area (Å²) in [5, 5.41) is 11.4. The van der Waals surface area contributed by atoms with E-state index in [1.807, 2.05) is 24.3 Å². The molecule has 0 aliphatic carbocycles. The number of piperidine rings is 1. The summed E-state index contributed by atoms with van der Waals surface area (Å²) in [6, 6.07) is 22.3. The van der Waals surface area contributed by atoms with Crippen LogP contribution in [0, 0.1) is 5.92 Å². The average molecular weight is 544 g/mol. The number of halogens is 3. The fourth-order valence-corrected chi connectivity index (χ4v) is 5.63. The van der Waals surface area contributed by atoms with Gasteiger partial charge in [-0.1, -0.05) is 61.5 Å². The first kappa shape index (κ1) is 27.7. The van der Waals surface area contributed by atoms with E-state index < -0.39 is 17.7 Å². The number of likely N-dealkylation sites (tertiary alicyclic amines) is 1. The van der Waals surface area contributed by atoms with Crippen LogP contribution in [0.15, 0.2) is 91.5 Å². The van der Waals surface area contributed by atoms with Gasteiger partial charge in [0.1, 0.15) is 0 Å². The van der Waals surface area contributed by atoms with Crippen molar-refractivity contribution in [2.45, 2.75) is 31.9 Å². The van der Waals surface area contributed by atoms with Crippen LogP contribution in [0.5, 0.6) is 0 Å². The largest absolute Gasteiger partial charge is 0.478 e. The minimum atomic E-state index is -4.40. The maximum absolute atomic E-state index is 13.0. The summed E-state index contributed by atoms with van der Waals surface area (Å²) < 4.78 is 39.0. The summed E-state index contributed by atoms with van der Waals surface area (Å²) in [5.41, 5.74) is 3.85. The first-order valence-corrected chi connectivity index (χ1v) is 13.6. The van der Waals surface area contributed by atoms with Crippen LogP contribution in [0.4, 0.5) is 13.2 Å². The van der Waals surface area contributed by atoms with Crippen LogP contribution in [-0.4, -0.2) is 35.6 Å². The van der Waals surface area contributed by atoms with E-state index >= 15 is 0 Å².